The van der Waals surface area contributed by atoms with E-state index in [4.69, 9.17) is 24.7 Å². The van der Waals surface area contributed by atoms with E-state index in [2.05, 4.69) is 49.0 Å². The lowest BCUT2D eigenvalue weighted by molar-refractivity contribution is -0.157. The van der Waals surface area contributed by atoms with Crippen LogP contribution in [0.2, 0.25) is 0 Å². The number of urea groups is 1. The molecule has 0 spiro atoms. The van der Waals surface area contributed by atoms with E-state index in [0.717, 1.165) is 17.0 Å². The van der Waals surface area contributed by atoms with Gasteiger partial charge in [0.1, 0.15) is 18.2 Å². The maximum absolute atomic E-state index is 14.9. The number of hydrogen-bond donors (Lipinski definition) is 7. The molecule has 2 saturated heterocycles. The number of anilines is 1. The maximum Gasteiger partial charge on any atom is 0.408 e. The van der Waals surface area contributed by atoms with E-state index in [1.165, 1.54) is 32.3 Å². The van der Waals surface area contributed by atoms with Crippen LogP contribution in [-0.2, 0) is 79.9 Å². The number of nitrogens with zero attached hydrogens (tertiary/aromatic N) is 3. The normalized spacial score (nSPS) is 17.3. The third kappa shape index (κ3) is 30.1. The average Bonchev–Trinajstić information content (AvgIpc) is 1.78. The molecule has 3 heterocycles. The van der Waals surface area contributed by atoms with Crippen molar-refractivity contribution in [2.45, 2.75) is 273 Å². The molecule has 12 atom stereocenters. The number of primary amides is 1. The fourth-order valence-electron chi connectivity index (χ4n) is 15.0. The minimum atomic E-state index is -1.49. The van der Waals surface area contributed by atoms with Gasteiger partial charge in [-0.1, -0.05) is 125 Å². The van der Waals surface area contributed by atoms with Crippen LogP contribution in [0.3, 0.4) is 0 Å². The van der Waals surface area contributed by atoms with Crippen molar-refractivity contribution in [2.75, 3.05) is 59.4 Å². The predicted octanol–water partition coefficient (Wildman–Crippen LogP) is 11.4. The molecular weight excluding hydrogens is 1460 g/mol. The summed E-state index contributed by atoms with van der Waals surface area (Å²) in [5, 5.41) is 20.1. The van der Waals surface area contributed by atoms with Crippen LogP contribution in [0.15, 0.2) is 66.2 Å². The highest BCUT2D eigenvalue weighted by atomic mass is 32.1. The van der Waals surface area contributed by atoms with Crippen molar-refractivity contribution in [1.82, 2.24) is 41.4 Å². The number of aromatic nitrogens is 1. The Hall–Kier alpha value is -7.85. The Morgan fingerprint density at radius 2 is 1.39 bits per heavy atom. The van der Waals surface area contributed by atoms with E-state index >= 15 is 0 Å². The summed E-state index contributed by atoms with van der Waals surface area (Å²) < 4.78 is 23.3. The molecule has 630 valence electrons. The Morgan fingerprint density at radius 3 is 1.96 bits per heavy atom. The summed E-state index contributed by atoms with van der Waals surface area (Å²) >= 11 is 1.53. The van der Waals surface area contributed by atoms with E-state index in [0.29, 0.717) is 62.9 Å². The van der Waals surface area contributed by atoms with Crippen molar-refractivity contribution < 1.29 is 76.5 Å². The number of methoxy groups -OCH3 is 2. The molecule has 8 N–H and O–H groups in total. The Kier molecular flexibility index (Phi) is 38.0. The molecule has 2 aromatic carbocycles. The number of hydrogen-bond acceptors (Lipinski definition) is 19. The molecule has 1 aromatic heterocycles. The van der Waals surface area contributed by atoms with E-state index in [1.54, 1.807) is 70.3 Å². The lowest BCUT2D eigenvalue weighted by Gasteiger charge is -2.41. The molecule has 0 radical (unpaired) electrons. The Labute approximate surface area is 675 Å². The number of alkyl carbamates (subject to hydrolysis) is 1. The van der Waals surface area contributed by atoms with Gasteiger partial charge < -0.3 is 66.4 Å². The molecular formula is C86H134N10O16S. The number of carbonyl (C=O) groups is 12. The molecule has 0 bridgehead atoms. The number of carbonyl (C=O) groups excluding carboxylic acids is 12. The lowest BCUT2D eigenvalue weighted by Crippen LogP contribution is -2.55. The number of ketones is 5. The van der Waals surface area contributed by atoms with Crippen LogP contribution in [0.5, 0.6) is 0 Å². The number of benzene rings is 2. The summed E-state index contributed by atoms with van der Waals surface area (Å²) in [6, 6.07) is 13.2. The number of ether oxygens (including phenoxy) is 4. The van der Waals surface area contributed by atoms with Gasteiger partial charge in [-0.15, -0.1) is 11.3 Å². The van der Waals surface area contributed by atoms with Gasteiger partial charge >= 0.3 is 12.1 Å². The molecule has 0 aliphatic carbocycles. The zero-order chi connectivity index (χ0) is 84.3. The smallest absolute Gasteiger partial charge is 0.408 e. The summed E-state index contributed by atoms with van der Waals surface area (Å²) in [4.78, 5) is 174. The van der Waals surface area contributed by atoms with Crippen molar-refractivity contribution in [3.05, 3.63) is 82.3 Å². The van der Waals surface area contributed by atoms with E-state index < -0.39 is 112 Å². The third-order valence-corrected chi connectivity index (χ3v) is 23.2. The van der Waals surface area contributed by atoms with Gasteiger partial charge in [0.15, 0.2) is 17.3 Å². The molecule has 8 amide bonds. The highest BCUT2D eigenvalue weighted by Gasteiger charge is 2.46. The van der Waals surface area contributed by atoms with Crippen molar-refractivity contribution >= 4 is 87.6 Å². The second kappa shape index (κ2) is 44.9. The standard InChI is InChI=1S/C86H134N10O16S/c1-20-55(6)74(68(109-18)49-72(102)96-42-27-32-65(96)75(110-19)56(7)66(97)46-61(79-89-41-43-113-79)44-57-28-22-21-23-29-57)95(17)80(106)63(53(2)3)48-69(99)85(14,15)94-82(108)112-50-58-33-35-62(36-34-58)91-77(104)59(31-26-40-90-81(87)107)45-67(98)73(54(4)5)92-78(105)60(47-70(100)86(16)51-111-52-86)30-24-25-39-88-71(101)38-37-64(93-84(11,12)13)76(103)83(8,9)10/h21-23,28-29,33-36,41,43,53-56,59-61,63-65,68,73-75,93H,20,24-27,30-32,37-40,42,44-52H2,1-19H3,(H,88,101)(H,91,104)(H,92,105)(H,94,108)(H3,87,90,107)/t55-,56-,59+,60+,61+,63-,64+,65-,68+,73-,74-,75+/m0/s1. The molecule has 2 fully saturated rings. The molecule has 2 aliphatic heterocycles. The third-order valence-electron chi connectivity index (χ3n) is 22.3. The molecule has 0 unspecified atom stereocenters. The number of Topliss-reactive ketones (excluding diaryl/α,β-unsaturated/α-hetero) is 5. The first-order valence-electron chi connectivity index (χ1n) is 40.6. The first-order valence-corrected chi connectivity index (χ1v) is 41.4. The van der Waals surface area contributed by atoms with Gasteiger partial charge in [-0.2, -0.15) is 0 Å². The second-order valence-electron chi connectivity index (χ2n) is 34.9. The van der Waals surface area contributed by atoms with E-state index in [-0.39, 0.29) is 149 Å². The van der Waals surface area contributed by atoms with Crippen LogP contribution in [0, 0.1) is 52.3 Å². The number of thiazole rings is 1. The van der Waals surface area contributed by atoms with Gasteiger partial charge in [0.25, 0.3) is 0 Å². The zero-order valence-corrected chi connectivity index (χ0v) is 71.7. The van der Waals surface area contributed by atoms with Gasteiger partial charge in [0.05, 0.1) is 72.0 Å². The number of nitrogens with one attached hydrogen (secondary N) is 6. The molecule has 27 heteroatoms. The number of likely N-dealkylation sites (tertiary alicyclic amines) is 1. The van der Waals surface area contributed by atoms with Crippen LogP contribution in [-0.4, -0.2) is 187 Å². The summed E-state index contributed by atoms with van der Waals surface area (Å²) in [6.45, 7) is 30.6. The Morgan fingerprint density at radius 1 is 0.743 bits per heavy atom. The quantitative estimate of drug-likeness (QED) is 0.0258. The van der Waals surface area contributed by atoms with Gasteiger partial charge in [0, 0.05) is 131 Å². The monoisotopic (exact) mass is 1590 g/mol. The van der Waals surface area contributed by atoms with Crippen LogP contribution in [0.4, 0.5) is 15.3 Å². The van der Waals surface area contributed by atoms with Crippen LogP contribution < -0.4 is 37.6 Å². The number of rotatable bonds is 49. The summed E-state index contributed by atoms with van der Waals surface area (Å²) in [7, 11) is 4.80. The first-order chi connectivity index (χ1) is 53.0. The van der Waals surface area contributed by atoms with Gasteiger partial charge in [0.2, 0.25) is 29.5 Å². The molecule has 0 saturated carbocycles. The van der Waals surface area contributed by atoms with Crippen LogP contribution >= 0.6 is 11.3 Å². The largest absolute Gasteiger partial charge is 0.445 e. The molecule has 113 heavy (non-hydrogen) atoms. The summed E-state index contributed by atoms with van der Waals surface area (Å²) in [6.07, 6.45) is 3.94. The van der Waals surface area contributed by atoms with Crippen LogP contribution in [0.25, 0.3) is 0 Å². The minimum Gasteiger partial charge on any atom is -0.445 e. The molecule has 26 nitrogen and oxygen atoms in total. The van der Waals surface area contributed by atoms with Gasteiger partial charge in [-0.05, 0) is 134 Å². The zero-order valence-electron chi connectivity index (χ0n) is 70.8. The number of unbranched alkanes of at least 4 members (excludes halogenated alkanes) is 1. The number of likely N-dealkylation sites (N-methyl/N-ethyl adjacent to an activating group) is 1. The highest BCUT2D eigenvalue weighted by molar-refractivity contribution is 7.09. The summed E-state index contributed by atoms with van der Waals surface area (Å²) in [5.41, 5.74) is 4.13. The van der Waals surface area contributed by atoms with Crippen molar-refractivity contribution in [3.63, 3.8) is 0 Å². The molecule has 2 aliphatic rings. The highest BCUT2D eigenvalue weighted by Crippen LogP contribution is 2.36. The first kappa shape index (κ1) is 95.7. The maximum atomic E-state index is 14.9. The Balaban J connectivity index is 1.17. The summed E-state index contributed by atoms with van der Waals surface area (Å²) in [5.74, 6) is -6.78. The SMILES string of the molecule is CC[C@H](C)[C@@H]([C@@H](CC(=O)N1CCC[C@H]1[C@H](OC)[C@@H](C)C(=O)C[C@@H](Cc1ccccc1)c1nccs1)OC)N(C)C(=O)[C@@H](CC(=O)C(C)(C)NC(=O)OCc1ccc(NC(=O)[C@H](CCCNC(N)=O)CC(=O)[C@@H](NC(=O)[C@H](CCCCNC(=O)CC[C@@H](NC(C)(C)C)C(=O)C(C)(C)C)CC(=O)C2(C)COC2)C(C)C)cc1)C(C)C. The second-order valence-corrected chi connectivity index (χ2v) is 35.8. The van der Waals surface area contributed by atoms with Crippen molar-refractivity contribution in [2.24, 2.45) is 58.0 Å². The number of nitrogens with two attached hydrogens (primary N) is 1. The lowest BCUT2D eigenvalue weighted by atomic mass is 9.78. The van der Waals surface area contributed by atoms with Gasteiger partial charge in [-0.3, -0.25) is 47.9 Å². The van der Waals surface area contributed by atoms with E-state index in [9.17, 15) is 57.5 Å². The van der Waals surface area contributed by atoms with Crippen molar-refractivity contribution in [1.29, 1.82) is 0 Å². The molecule has 5 rings (SSSR count). The fraction of sp³-hybridized carbons (Fsp3) is 0.686. The van der Waals surface area contributed by atoms with Crippen molar-refractivity contribution in [3.8, 4) is 0 Å². The molecule has 3 aromatic rings. The van der Waals surface area contributed by atoms with Crippen LogP contribution in [0.1, 0.15) is 229 Å². The Bertz CT molecular complexity index is 3610. The number of amides is 8. The average molecular weight is 1600 g/mol. The predicted molar refractivity (Wildman–Crippen MR) is 437 cm³/mol. The topological polar surface area (TPSA) is 359 Å². The van der Waals surface area contributed by atoms with E-state index in [1.807, 2.05) is 105 Å². The van der Waals surface area contributed by atoms with Gasteiger partial charge in [-0.25, -0.2) is 14.6 Å². The fourth-order valence-corrected chi connectivity index (χ4v) is 15.8. The minimum absolute atomic E-state index is 0.0200.